The molecule has 0 spiro atoms. The summed E-state index contributed by atoms with van der Waals surface area (Å²) >= 11 is 0. The molecule has 0 radical (unpaired) electrons. The standard InChI is InChI=1S/C19H26FN3/c1-5-11-23(12-6-2)19-17(14(3)21-15(4)22-19)13-16-9-7-8-10-18(16)20/h7-10H,5-6,11-13H2,1-4H3. The summed E-state index contributed by atoms with van der Waals surface area (Å²) in [4.78, 5) is 11.5. The normalized spacial score (nSPS) is 10.8. The lowest BCUT2D eigenvalue weighted by molar-refractivity contribution is 0.613. The fourth-order valence-electron chi connectivity index (χ4n) is 2.88. The van der Waals surface area contributed by atoms with Crippen molar-refractivity contribution in [3.63, 3.8) is 0 Å². The maximum atomic E-state index is 14.1. The van der Waals surface area contributed by atoms with Gasteiger partial charge in [0.25, 0.3) is 0 Å². The number of aryl methyl sites for hydroxylation is 2. The molecule has 0 bridgehead atoms. The molecule has 0 unspecified atom stereocenters. The maximum absolute atomic E-state index is 14.1. The Labute approximate surface area is 138 Å². The molecule has 1 aromatic heterocycles. The molecule has 0 aliphatic carbocycles. The van der Waals surface area contributed by atoms with Gasteiger partial charge >= 0.3 is 0 Å². The van der Waals surface area contributed by atoms with Gasteiger partial charge in [-0.15, -0.1) is 0 Å². The molecule has 0 aliphatic heterocycles. The van der Waals surface area contributed by atoms with E-state index >= 15 is 0 Å². The van der Waals surface area contributed by atoms with E-state index in [0.29, 0.717) is 12.0 Å². The van der Waals surface area contributed by atoms with E-state index in [1.165, 1.54) is 6.07 Å². The number of hydrogen-bond acceptors (Lipinski definition) is 3. The van der Waals surface area contributed by atoms with Gasteiger partial charge in [-0.2, -0.15) is 0 Å². The maximum Gasteiger partial charge on any atom is 0.136 e. The van der Waals surface area contributed by atoms with Crippen molar-refractivity contribution in [1.82, 2.24) is 9.97 Å². The molecule has 124 valence electrons. The molecule has 23 heavy (non-hydrogen) atoms. The topological polar surface area (TPSA) is 29.0 Å². The molecular formula is C19H26FN3. The first-order chi connectivity index (χ1) is 11.1. The van der Waals surface area contributed by atoms with E-state index in [0.717, 1.165) is 48.8 Å². The van der Waals surface area contributed by atoms with E-state index in [-0.39, 0.29) is 5.82 Å². The number of hydrogen-bond donors (Lipinski definition) is 0. The fraction of sp³-hybridized carbons (Fsp3) is 0.474. The lowest BCUT2D eigenvalue weighted by atomic mass is 10.0. The van der Waals surface area contributed by atoms with Gasteiger partial charge in [-0.1, -0.05) is 32.0 Å². The summed E-state index contributed by atoms with van der Waals surface area (Å²) in [6.45, 7) is 10.1. The quantitative estimate of drug-likeness (QED) is 0.756. The Kier molecular flexibility index (Phi) is 6.08. The van der Waals surface area contributed by atoms with Gasteiger partial charge in [-0.05, 0) is 38.3 Å². The van der Waals surface area contributed by atoms with Crippen LogP contribution in [-0.2, 0) is 6.42 Å². The third-order valence-corrected chi connectivity index (χ3v) is 3.92. The molecule has 1 heterocycles. The van der Waals surface area contributed by atoms with Gasteiger partial charge in [0.2, 0.25) is 0 Å². The molecule has 2 rings (SSSR count). The summed E-state index contributed by atoms with van der Waals surface area (Å²) in [7, 11) is 0. The molecule has 2 aromatic rings. The van der Waals surface area contributed by atoms with Crippen LogP contribution >= 0.6 is 0 Å². The predicted octanol–water partition coefficient (Wildman–Crippen LogP) is 4.45. The number of nitrogens with zero attached hydrogens (tertiary/aromatic N) is 3. The second-order valence-corrected chi connectivity index (χ2v) is 5.91. The first-order valence-electron chi connectivity index (χ1n) is 8.39. The fourth-order valence-corrected chi connectivity index (χ4v) is 2.88. The molecular weight excluding hydrogens is 289 g/mol. The van der Waals surface area contributed by atoms with Crippen molar-refractivity contribution >= 4 is 5.82 Å². The van der Waals surface area contributed by atoms with Crippen molar-refractivity contribution in [3.05, 3.63) is 52.7 Å². The van der Waals surface area contributed by atoms with E-state index in [1.54, 1.807) is 6.07 Å². The van der Waals surface area contributed by atoms with E-state index in [1.807, 2.05) is 26.0 Å². The van der Waals surface area contributed by atoms with Crippen molar-refractivity contribution in [2.45, 2.75) is 47.0 Å². The molecule has 0 aliphatic rings. The largest absolute Gasteiger partial charge is 0.356 e. The molecule has 0 atom stereocenters. The Morgan fingerprint density at radius 2 is 1.65 bits per heavy atom. The Balaban J connectivity index is 2.46. The van der Waals surface area contributed by atoms with Crippen LogP contribution in [0, 0.1) is 19.7 Å². The Bertz CT molecular complexity index is 649. The highest BCUT2D eigenvalue weighted by molar-refractivity contribution is 5.51. The third-order valence-electron chi connectivity index (χ3n) is 3.92. The molecule has 1 aromatic carbocycles. The van der Waals surface area contributed by atoms with Crippen molar-refractivity contribution in [2.75, 3.05) is 18.0 Å². The summed E-state index contributed by atoms with van der Waals surface area (Å²) in [6, 6.07) is 6.94. The van der Waals surface area contributed by atoms with Crippen LogP contribution in [0.5, 0.6) is 0 Å². The Morgan fingerprint density at radius 1 is 1.00 bits per heavy atom. The molecule has 0 saturated heterocycles. The van der Waals surface area contributed by atoms with Crippen LogP contribution < -0.4 is 4.90 Å². The molecule has 0 N–H and O–H groups in total. The summed E-state index contributed by atoms with van der Waals surface area (Å²) in [6.07, 6.45) is 2.64. The van der Waals surface area contributed by atoms with Crippen LogP contribution in [0.1, 0.15) is 49.3 Å². The van der Waals surface area contributed by atoms with E-state index in [9.17, 15) is 4.39 Å². The second kappa shape index (κ2) is 8.04. The van der Waals surface area contributed by atoms with Gasteiger partial charge in [0.1, 0.15) is 17.5 Å². The number of rotatable bonds is 7. The Morgan fingerprint density at radius 3 is 2.26 bits per heavy atom. The van der Waals surface area contributed by atoms with Crippen LogP contribution in [0.4, 0.5) is 10.2 Å². The van der Waals surface area contributed by atoms with Crippen molar-refractivity contribution < 1.29 is 4.39 Å². The number of anilines is 1. The van der Waals surface area contributed by atoms with Crippen molar-refractivity contribution in [2.24, 2.45) is 0 Å². The van der Waals surface area contributed by atoms with Crippen LogP contribution in [-0.4, -0.2) is 23.1 Å². The first kappa shape index (κ1) is 17.4. The second-order valence-electron chi connectivity index (χ2n) is 5.91. The minimum absolute atomic E-state index is 0.170. The highest BCUT2D eigenvalue weighted by Gasteiger charge is 2.17. The highest BCUT2D eigenvalue weighted by atomic mass is 19.1. The molecule has 3 nitrogen and oxygen atoms in total. The monoisotopic (exact) mass is 315 g/mol. The summed E-state index contributed by atoms with van der Waals surface area (Å²) < 4.78 is 14.1. The number of benzene rings is 1. The Hall–Kier alpha value is -1.97. The van der Waals surface area contributed by atoms with Gasteiger partial charge < -0.3 is 4.90 Å². The van der Waals surface area contributed by atoms with Crippen LogP contribution in [0.3, 0.4) is 0 Å². The van der Waals surface area contributed by atoms with Gasteiger partial charge in [0.05, 0.1) is 0 Å². The molecule has 0 fully saturated rings. The van der Waals surface area contributed by atoms with Gasteiger partial charge in [-0.25, -0.2) is 14.4 Å². The molecule has 0 saturated carbocycles. The summed E-state index contributed by atoms with van der Waals surface area (Å²) in [5, 5.41) is 0. The van der Waals surface area contributed by atoms with Gasteiger partial charge in [0, 0.05) is 30.8 Å². The summed E-state index contributed by atoms with van der Waals surface area (Å²) in [5.41, 5.74) is 2.66. The van der Waals surface area contributed by atoms with Crippen LogP contribution in [0.15, 0.2) is 24.3 Å². The number of aromatic nitrogens is 2. The van der Waals surface area contributed by atoms with Crippen LogP contribution in [0.2, 0.25) is 0 Å². The van der Waals surface area contributed by atoms with E-state index in [4.69, 9.17) is 0 Å². The molecule has 0 amide bonds. The third kappa shape index (κ3) is 4.27. The van der Waals surface area contributed by atoms with Crippen molar-refractivity contribution in [1.29, 1.82) is 0 Å². The minimum Gasteiger partial charge on any atom is -0.356 e. The molecule has 4 heteroatoms. The predicted molar refractivity (Wildman–Crippen MR) is 93.5 cm³/mol. The first-order valence-corrected chi connectivity index (χ1v) is 8.39. The number of halogens is 1. The van der Waals surface area contributed by atoms with Gasteiger partial charge in [0.15, 0.2) is 0 Å². The van der Waals surface area contributed by atoms with E-state index < -0.39 is 0 Å². The lowest BCUT2D eigenvalue weighted by Crippen LogP contribution is -2.28. The smallest absolute Gasteiger partial charge is 0.136 e. The van der Waals surface area contributed by atoms with Crippen LogP contribution in [0.25, 0.3) is 0 Å². The summed E-state index contributed by atoms with van der Waals surface area (Å²) in [5.74, 6) is 1.56. The highest BCUT2D eigenvalue weighted by Crippen LogP contribution is 2.25. The van der Waals surface area contributed by atoms with Crippen molar-refractivity contribution in [3.8, 4) is 0 Å². The lowest BCUT2D eigenvalue weighted by Gasteiger charge is -2.26. The minimum atomic E-state index is -0.170. The average Bonchev–Trinajstić information content (AvgIpc) is 2.51. The zero-order chi connectivity index (χ0) is 16.8. The zero-order valence-corrected chi connectivity index (χ0v) is 14.6. The average molecular weight is 315 g/mol. The van der Waals surface area contributed by atoms with Gasteiger partial charge in [-0.3, -0.25) is 0 Å². The zero-order valence-electron chi connectivity index (χ0n) is 14.6. The van der Waals surface area contributed by atoms with E-state index in [2.05, 4.69) is 28.7 Å². The SMILES string of the molecule is CCCN(CCC)c1nc(C)nc(C)c1Cc1ccccc1F.